The van der Waals surface area contributed by atoms with Crippen molar-refractivity contribution in [1.29, 1.82) is 0 Å². The number of benzene rings is 1. The minimum Gasteiger partial charge on any atom is -0.496 e. The first-order valence-electron chi connectivity index (χ1n) is 9.15. The molecule has 29 heavy (non-hydrogen) atoms. The lowest BCUT2D eigenvalue weighted by molar-refractivity contribution is -0.384. The van der Waals surface area contributed by atoms with E-state index in [9.17, 15) is 10.1 Å². The van der Waals surface area contributed by atoms with E-state index in [0.29, 0.717) is 28.9 Å². The van der Waals surface area contributed by atoms with Crippen molar-refractivity contribution >= 4 is 23.1 Å². The van der Waals surface area contributed by atoms with Gasteiger partial charge in [0, 0.05) is 30.1 Å². The van der Waals surface area contributed by atoms with Crippen molar-refractivity contribution in [2.45, 2.75) is 26.3 Å². The number of methoxy groups -OCH3 is 1. The van der Waals surface area contributed by atoms with Gasteiger partial charge in [-0.15, -0.1) is 0 Å². The summed E-state index contributed by atoms with van der Waals surface area (Å²) in [6.07, 6.45) is 4.26. The lowest BCUT2D eigenvalue weighted by Gasteiger charge is -2.15. The Kier molecular flexibility index (Phi) is 6.18. The van der Waals surface area contributed by atoms with Crippen molar-refractivity contribution in [3.63, 3.8) is 0 Å². The smallest absolute Gasteiger partial charge is 0.296 e. The van der Waals surface area contributed by atoms with Crippen LogP contribution in [0.3, 0.4) is 0 Å². The van der Waals surface area contributed by atoms with E-state index in [2.05, 4.69) is 32.5 Å². The standard InChI is InChI=1S/C20H22N6O3/c1-4-13(2)22-20-24-17(14-7-9-21-10-8-14)12-19(25-20)23-16-6-5-15(29-3)11-18(16)26(27)28/h5-13H,4H2,1-3H3,(H2,22,23,24,25)/t13-/m1/s1. The van der Waals surface area contributed by atoms with Crippen LogP contribution in [0.4, 0.5) is 23.1 Å². The second kappa shape index (κ2) is 8.96. The average molecular weight is 394 g/mol. The van der Waals surface area contributed by atoms with Gasteiger partial charge in [-0.2, -0.15) is 4.98 Å². The Balaban J connectivity index is 2.02. The van der Waals surface area contributed by atoms with Crippen LogP contribution in [0.15, 0.2) is 48.8 Å². The first-order valence-corrected chi connectivity index (χ1v) is 9.15. The Bertz CT molecular complexity index is 997. The van der Waals surface area contributed by atoms with Gasteiger partial charge in [-0.25, -0.2) is 4.98 Å². The fourth-order valence-corrected chi connectivity index (χ4v) is 2.60. The van der Waals surface area contributed by atoms with Crippen LogP contribution >= 0.6 is 0 Å². The number of aromatic nitrogens is 3. The molecule has 9 heteroatoms. The SMILES string of the molecule is CC[C@@H](C)Nc1nc(Nc2ccc(OC)cc2[N+](=O)[O-])cc(-c2ccncc2)n1. The van der Waals surface area contributed by atoms with Gasteiger partial charge in [-0.05, 0) is 37.6 Å². The van der Waals surface area contributed by atoms with E-state index < -0.39 is 4.92 Å². The Labute approximate surface area is 168 Å². The van der Waals surface area contributed by atoms with E-state index in [1.54, 1.807) is 30.6 Å². The van der Waals surface area contributed by atoms with Crippen LogP contribution in [0, 0.1) is 10.1 Å². The van der Waals surface area contributed by atoms with E-state index in [1.165, 1.54) is 13.2 Å². The monoisotopic (exact) mass is 394 g/mol. The molecule has 0 fully saturated rings. The van der Waals surface area contributed by atoms with Crippen LogP contribution < -0.4 is 15.4 Å². The minimum atomic E-state index is -0.464. The van der Waals surface area contributed by atoms with Crippen LogP contribution in [0.1, 0.15) is 20.3 Å². The third-order valence-corrected chi connectivity index (χ3v) is 4.35. The summed E-state index contributed by atoms with van der Waals surface area (Å²) in [7, 11) is 1.46. The molecular formula is C20H22N6O3. The van der Waals surface area contributed by atoms with E-state index in [-0.39, 0.29) is 11.7 Å². The third-order valence-electron chi connectivity index (χ3n) is 4.35. The summed E-state index contributed by atoms with van der Waals surface area (Å²) in [6, 6.07) is 10.2. The molecule has 0 amide bonds. The quantitative estimate of drug-likeness (QED) is 0.426. The van der Waals surface area contributed by atoms with Crippen LogP contribution in [0.2, 0.25) is 0 Å². The van der Waals surface area contributed by atoms with Gasteiger partial charge in [-0.3, -0.25) is 15.1 Å². The summed E-state index contributed by atoms with van der Waals surface area (Å²) in [5.41, 5.74) is 1.74. The number of hydrogen-bond acceptors (Lipinski definition) is 8. The molecule has 2 heterocycles. The maximum atomic E-state index is 11.5. The van der Waals surface area contributed by atoms with Gasteiger partial charge in [0.2, 0.25) is 5.95 Å². The van der Waals surface area contributed by atoms with Gasteiger partial charge < -0.3 is 15.4 Å². The van der Waals surface area contributed by atoms with Crippen LogP contribution in [-0.2, 0) is 0 Å². The van der Waals surface area contributed by atoms with E-state index >= 15 is 0 Å². The third kappa shape index (κ3) is 4.95. The summed E-state index contributed by atoms with van der Waals surface area (Å²) in [5.74, 6) is 1.28. The molecule has 0 aliphatic heterocycles. The Morgan fingerprint density at radius 3 is 2.59 bits per heavy atom. The number of anilines is 3. The van der Waals surface area contributed by atoms with Crippen molar-refractivity contribution in [3.8, 4) is 17.0 Å². The molecule has 0 unspecified atom stereocenters. The molecule has 2 N–H and O–H groups in total. The summed E-state index contributed by atoms with van der Waals surface area (Å²) in [5, 5.41) is 17.8. The second-order valence-electron chi connectivity index (χ2n) is 6.42. The number of nitrogens with one attached hydrogen (secondary N) is 2. The molecule has 0 aliphatic rings. The van der Waals surface area contributed by atoms with Crippen LogP contribution in [0.5, 0.6) is 5.75 Å². The predicted octanol–water partition coefficient (Wildman–Crippen LogP) is 4.41. The molecule has 9 nitrogen and oxygen atoms in total. The zero-order chi connectivity index (χ0) is 20.8. The van der Waals surface area contributed by atoms with Gasteiger partial charge in [0.05, 0.1) is 23.8 Å². The summed E-state index contributed by atoms with van der Waals surface area (Å²) < 4.78 is 5.09. The molecule has 2 aromatic heterocycles. The summed E-state index contributed by atoms with van der Waals surface area (Å²) in [6.45, 7) is 4.09. The molecule has 1 aromatic carbocycles. The summed E-state index contributed by atoms with van der Waals surface area (Å²) in [4.78, 5) is 24.1. The number of ether oxygens (including phenoxy) is 1. The maximum absolute atomic E-state index is 11.5. The fraction of sp³-hybridized carbons (Fsp3) is 0.250. The molecule has 3 rings (SSSR count). The Hall–Kier alpha value is -3.75. The predicted molar refractivity (Wildman–Crippen MR) is 112 cm³/mol. The second-order valence-corrected chi connectivity index (χ2v) is 6.42. The summed E-state index contributed by atoms with van der Waals surface area (Å²) >= 11 is 0. The minimum absolute atomic E-state index is 0.107. The average Bonchev–Trinajstić information content (AvgIpc) is 2.74. The molecule has 0 aliphatic carbocycles. The molecule has 0 bridgehead atoms. The van der Waals surface area contributed by atoms with E-state index in [1.807, 2.05) is 19.1 Å². The van der Waals surface area contributed by atoms with Crippen molar-refractivity contribution in [2.75, 3.05) is 17.7 Å². The number of nitro groups is 1. The van der Waals surface area contributed by atoms with Gasteiger partial charge in [0.1, 0.15) is 17.3 Å². The molecule has 0 radical (unpaired) electrons. The first-order chi connectivity index (χ1) is 14.0. The fourth-order valence-electron chi connectivity index (χ4n) is 2.60. The normalized spacial score (nSPS) is 11.6. The first kappa shape index (κ1) is 20.0. The molecule has 0 saturated heterocycles. The van der Waals surface area contributed by atoms with Crippen molar-refractivity contribution < 1.29 is 9.66 Å². The number of pyridine rings is 1. The molecule has 0 spiro atoms. The Morgan fingerprint density at radius 2 is 1.93 bits per heavy atom. The number of nitro benzene ring substituents is 1. The lowest BCUT2D eigenvalue weighted by Crippen LogP contribution is -2.16. The molecular weight excluding hydrogens is 372 g/mol. The van der Waals surface area contributed by atoms with Gasteiger partial charge in [-0.1, -0.05) is 6.92 Å². The van der Waals surface area contributed by atoms with Gasteiger partial charge >= 0.3 is 0 Å². The Morgan fingerprint density at radius 1 is 1.17 bits per heavy atom. The zero-order valence-electron chi connectivity index (χ0n) is 16.4. The van der Waals surface area contributed by atoms with Crippen LogP contribution in [-0.4, -0.2) is 33.0 Å². The van der Waals surface area contributed by atoms with Crippen LogP contribution in [0.25, 0.3) is 11.3 Å². The van der Waals surface area contributed by atoms with E-state index in [0.717, 1.165) is 12.0 Å². The maximum Gasteiger partial charge on any atom is 0.296 e. The topological polar surface area (TPSA) is 115 Å². The molecule has 0 saturated carbocycles. The highest BCUT2D eigenvalue weighted by Crippen LogP contribution is 2.32. The van der Waals surface area contributed by atoms with Crippen molar-refractivity contribution in [2.24, 2.45) is 0 Å². The molecule has 3 aromatic rings. The number of hydrogen-bond donors (Lipinski definition) is 2. The van der Waals surface area contributed by atoms with Gasteiger partial charge in [0.25, 0.3) is 5.69 Å². The van der Waals surface area contributed by atoms with Crippen molar-refractivity contribution in [1.82, 2.24) is 15.0 Å². The number of nitrogens with zero attached hydrogens (tertiary/aromatic N) is 4. The largest absolute Gasteiger partial charge is 0.496 e. The molecule has 1 atom stereocenters. The highest BCUT2D eigenvalue weighted by molar-refractivity contribution is 5.72. The van der Waals surface area contributed by atoms with Crippen molar-refractivity contribution in [3.05, 3.63) is 58.9 Å². The highest BCUT2D eigenvalue weighted by atomic mass is 16.6. The van der Waals surface area contributed by atoms with Gasteiger partial charge in [0.15, 0.2) is 0 Å². The van der Waals surface area contributed by atoms with E-state index in [4.69, 9.17) is 4.74 Å². The highest BCUT2D eigenvalue weighted by Gasteiger charge is 2.17. The number of rotatable bonds is 8. The zero-order valence-corrected chi connectivity index (χ0v) is 16.4. The lowest BCUT2D eigenvalue weighted by atomic mass is 10.2. The molecule has 150 valence electrons.